The molecule has 0 radical (unpaired) electrons. The molecule has 7 heteroatoms. The first-order valence-electron chi connectivity index (χ1n) is 7.35. The molecule has 0 spiro atoms. The van der Waals surface area contributed by atoms with Crippen LogP contribution in [0.2, 0.25) is 0 Å². The molecule has 0 N–H and O–H groups in total. The maximum atomic E-state index is 11.9. The number of thiophene rings is 1. The fourth-order valence-corrected chi connectivity index (χ4v) is 2.78. The van der Waals surface area contributed by atoms with E-state index in [1.807, 2.05) is 41.8 Å². The van der Waals surface area contributed by atoms with Crippen LogP contribution in [0.3, 0.4) is 0 Å². The zero-order valence-electron chi connectivity index (χ0n) is 13.3. The number of rotatable bonds is 6. The molecule has 0 fully saturated rings. The Labute approximate surface area is 143 Å². The van der Waals surface area contributed by atoms with Gasteiger partial charge in [-0.15, -0.1) is 21.5 Å². The molecule has 1 atom stereocenters. The highest BCUT2D eigenvalue weighted by atomic mass is 32.1. The van der Waals surface area contributed by atoms with Gasteiger partial charge in [-0.3, -0.25) is 4.79 Å². The summed E-state index contributed by atoms with van der Waals surface area (Å²) in [5.74, 6) is 1.05. The second-order valence-electron chi connectivity index (χ2n) is 5.06. The number of carbonyl (C=O) groups excluding carboxylic acids is 1. The van der Waals surface area contributed by atoms with Crippen molar-refractivity contribution < 1.29 is 18.7 Å². The summed E-state index contributed by atoms with van der Waals surface area (Å²) in [7, 11) is 1.60. The Morgan fingerprint density at radius 2 is 2.04 bits per heavy atom. The number of hydrogen-bond donors (Lipinski definition) is 0. The minimum Gasteiger partial charge on any atom is -0.497 e. The van der Waals surface area contributed by atoms with E-state index in [1.165, 1.54) is 11.3 Å². The number of nitrogens with zero attached hydrogens (tertiary/aromatic N) is 2. The molecule has 2 heterocycles. The smallest absolute Gasteiger partial charge is 0.311 e. The first kappa shape index (κ1) is 16.2. The number of ether oxygens (including phenoxy) is 2. The number of benzene rings is 1. The molecule has 0 saturated heterocycles. The second kappa shape index (κ2) is 7.27. The van der Waals surface area contributed by atoms with Crippen LogP contribution >= 0.6 is 11.3 Å². The first-order chi connectivity index (χ1) is 11.7. The van der Waals surface area contributed by atoms with Crippen LogP contribution in [0.25, 0.3) is 11.5 Å². The molecule has 0 aliphatic rings. The number of carbonyl (C=O) groups is 1. The topological polar surface area (TPSA) is 74.5 Å². The average molecular weight is 344 g/mol. The Balaban J connectivity index is 1.64. The van der Waals surface area contributed by atoms with E-state index in [0.717, 1.165) is 16.2 Å². The fourth-order valence-electron chi connectivity index (χ4n) is 2.09. The van der Waals surface area contributed by atoms with Crippen LogP contribution in [0, 0.1) is 0 Å². The van der Waals surface area contributed by atoms with Crippen molar-refractivity contribution in [1.82, 2.24) is 10.2 Å². The summed E-state index contributed by atoms with van der Waals surface area (Å²) in [5, 5.41) is 9.88. The lowest BCUT2D eigenvalue weighted by atomic mass is 10.2. The highest BCUT2D eigenvalue weighted by Gasteiger charge is 2.19. The summed E-state index contributed by atoms with van der Waals surface area (Å²) in [4.78, 5) is 12.9. The van der Waals surface area contributed by atoms with Gasteiger partial charge < -0.3 is 13.9 Å². The van der Waals surface area contributed by atoms with Gasteiger partial charge in [-0.2, -0.15) is 0 Å². The predicted molar refractivity (Wildman–Crippen MR) is 88.8 cm³/mol. The van der Waals surface area contributed by atoms with E-state index in [2.05, 4.69) is 10.2 Å². The molecule has 124 valence electrons. The molecule has 3 aromatic rings. The monoisotopic (exact) mass is 344 g/mol. The predicted octanol–water partition coefficient (Wildman–Crippen LogP) is 3.65. The zero-order chi connectivity index (χ0) is 16.9. The van der Waals surface area contributed by atoms with Gasteiger partial charge in [0.25, 0.3) is 5.89 Å². The van der Waals surface area contributed by atoms with Gasteiger partial charge in [0.1, 0.15) is 5.75 Å². The maximum Gasteiger partial charge on any atom is 0.311 e. The number of aromatic nitrogens is 2. The van der Waals surface area contributed by atoms with Crippen molar-refractivity contribution in [3.63, 3.8) is 0 Å². The minimum atomic E-state index is -0.600. The third-order valence-corrected chi connectivity index (χ3v) is 4.21. The third-order valence-electron chi connectivity index (χ3n) is 3.33. The van der Waals surface area contributed by atoms with Gasteiger partial charge >= 0.3 is 5.97 Å². The van der Waals surface area contributed by atoms with Gasteiger partial charge in [-0.05, 0) is 42.6 Å². The lowest BCUT2D eigenvalue weighted by molar-refractivity contribution is -0.148. The molecule has 1 unspecified atom stereocenters. The summed E-state index contributed by atoms with van der Waals surface area (Å²) in [6, 6.07) is 11.1. The van der Waals surface area contributed by atoms with Crippen LogP contribution < -0.4 is 4.74 Å². The molecule has 3 rings (SSSR count). The molecule has 6 nitrogen and oxygen atoms in total. The van der Waals surface area contributed by atoms with Crippen molar-refractivity contribution >= 4 is 17.3 Å². The first-order valence-corrected chi connectivity index (χ1v) is 8.23. The zero-order valence-corrected chi connectivity index (χ0v) is 14.1. The molecule has 0 saturated carbocycles. The third kappa shape index (κ3) is 3.80. The van der Waals surface area contributed by atoms with Crippen molar-refractivity contribution in [3.8, 4) is 17.2 Å². The van der Waals surface area contributed by atoms with Gasteiger partial charge in [-0.1, -0.05) is 6.07 Å². The van der Waals surface area contributed by atoms with Crippen molar-refractivity contribution in [2.45, 2.75) is 19.4 Å². The van der Waals surface area contributed by atoms with E-state index >= 15 is 0 Å². The van der Waals surface area contributed by atoms with Crippen LogP contribution in [0.1, 0.15) is 23.8 Å². The maximum absolute atomic E-state index is 11.9. The Kier molecular flexibility index (Phi) is 4.90. The van der Waals surface area contributed by atoms with E-state index < -0.39 is 6.10 Å². The lowest BCUT2D eigenvalue weighted by Gasteiger charge is -2.08. The SMILES string of the molecule is COc1ccc(-c2nnc(C(C)OC(=O)Cc3cccs3)o2)cc1. The van der Waals surface area contributed by atoms with E-state index in [0.29, 0.717) is 5.89 Å². The standard InChI is InChI=1S/C17H16N2O4S/c1-11(22-15(20)10-14-4-3-9-24-14)16-18-19-17(23-16)12-5-7-13(21-2)8-6-12/h3-9,11H,10H2,1-2H3. The number of hydrogen-bond acceptors (Lipinski definition) is 7. The van der Waals surface area contributed by atoms with Gasteiger partial charge in [-0.25, -0.2) is 0 Å². The van der Waals surface area contributed by atoms with Crippen LogP contribution in [-0.2, 0) is 16.0 Å². The molecule has 0 bridgehead atoms. The average Bonchev–Trinajstić information content (AvgIpc) is 3.26. The minimum absolute atomic E-state index is 0.238. The summed E-state index contributed by atoms with van der Waals surface area (Å²) in [6.45, 7) is 1.71. The van der Waals surface area contributed by atoms with E-state index in [1.54, 1.807) is 14.0 Å². The largest absolute Gasteiger partial charge is 0.497 e. The molecule has 0 aliphatic heterocycles. The molecule has 2 aromatic heterocycles. The van der Waals surface area contributed by atoms with Gasteiger partial charge in [0.2, 0.25) is 5.89 Å². The van der Waals surface area contributed by atoms with E-state index in [-0.39, 0.29) is 18.3 Å². The Morgan fingerprint density at radius 3 is 2.71 bits per heavy atom. The normalized spacial score (nSPS) is 11.9. The van der Waals surface area contributed by atoms with Crippen LogP contribution in [-0.4, -0.2) is 23.3 Å². The van der Waals surface area contributed by atoms with E-state index in [4.69, 9.17) is 13.9 Å². The summed E-state index contributed by atoms with van der Waals surface area (Å²) >= 11 is 1.52. The molecule has 24 heavy (non-hydrogen) atoms. The van der Waals surface area contributed by atoms with Crippen molar-refractivity contribution in [2.24, 2.45) is 0 Å². The summed E-state index contributed by atoms with van der Waals surface area (Å²) < 4.78 is 16.1. The van der Waals surface area contributed by atoms with Crippen molar-refractivity contribution in [3.05, 3.63) is 52.5 Å². The van der Waals surface area contributed by atoms with Crippen molar-refractivity contribution in [1.29, 1.82) is 0 Å². The molecule has 1 aromatic carbocycles. The van der Waals surface area contributed by atoms with Crippen LogP contribution in [0.5, 0.6) is 5.75 Å². The molecular formula is C17H16N2O4S. The van der Waals surface area contributed by atoms with Crippen LogP contribution in [0.4, 0.5) is 0 Å². The molecule has 0 aliphatic carbocycles. The lowest BCUT2D eigenvalue weighted by Crippen LogP contribution is -2.11. The highest BCUT2D eigenvalue weighted by Crippen LogP contribution is 2.24. The van der Waals surface area contributed by atoms with E-state index in [9.17, 15) is 4.79 Å². The van der Waals surface area contributed by atoms with Crippen molar-refractivity contribution in [2.75, 3.05) is 7.11 Å². The summed E-state index contributed by atoms with van der Waals surface area (Å²) in [6.07, 6.45) is -0.362. The quantitative estimate of drug-likeness (QED) is 0.635. The van der Waals surface area contributed by atoms with Gasteiger partial charge in [0, 0.05) is 10.4 Å². The van der Waals surface area contributed by atoms with Gasteiger partial charge in [0.05, 0.1) is 13.5 Å². The van der Waals surface area contributed by atoms with Gasteiger partial charge in [0.15, 0.2) is 6.10 Å². The summed E-state index contributed by atoms with van der Waals surface area (Å²) in [5.41, 5.74) is 0.770. The van der Waals surface area contributed by atoms with Crippen LogP contribution in [0.15, 0.2) is 46.2 Å². The molecular weight excluding hydrogens is 328 g/mol. The Bertz CT molecular complexity index is 796. The fraction of sp³-hybridized carbons (Fsp3) is 0.235. The Morgan fingerprint density at radius 1 is 1.25 bits per heavy atom. The highest BCUT2D eigenvalue weighted by molar-refractivity contribution is 7.10. The number of esters is 1. The second-order valence-corrected chi connectivity index (χ2v) is 6.09. The number of methoxy groups -OCH3 is 1. The molecule has 0 amide bonds. The Hall–Kier alpha value is -2.67.